The Balaban J connectivity index is 2.34. The molecule has 5 heteroatoms. The summed E-state index contributed by atoms with van der Waals surface area (Å²) in [6.07, 6.45) is 1.98. The Hall–Kier alpha value is -2.14. The number of anilines is 3. The molecule has 0 saturated carbocycles. The maximum atomic E-state index is 12.6. The minimum atomic E-state index is -0.160. The number of para-hydroxylation sites is 1. The molecule has 3 N–H and O–H groups in total. The van der Waals surface area contributed by atoms with E-state index in [1.54, 1.807) is 23.9 Å². The van der Waals surface area contributed by atoms with Gasteiger partial charge in [-0.1, -0.05) is 12.1 Å². The molecule has 0 fully saturated rings. The highest BCUT2D eigenvalue weighted by Gasteiger charge is 2.14. The molecule has 0 aliphatic heterocycles. The van der Waals surface area contributed by atoms with Gasteiger partial charge in [-0.05, 0) is 36.6 Å². The summed E-state index contributed by atoms with van der Waals surface area (Å²) < 4.78 is 0. The average Bonchev–Trinajstić information content (AvgIpc) is 2.47. The first kappa shape index (κ1) is 15.3. The van der Waals surface area contributed by atoms with Crippen LogP contribution >= 0.6 is 11.8 Å². The number of hydrogen-bond donors (Lipinski definition) is 2. The second-order valence-electron chi connectivity index (χ2n) is 4.83. The normalized spacial score (nSPS) is 10.2. The summed E-state index contributed by atoms with van der Waals surface area (Å²) in [7, 11) is 3.80. The molecular weight excluding hydrogens is 282 g/mol. The summed E-state index contributed by atoms with van der Waals surface area (Å²) in [4.78, 5) is 15.5. The number of nitrogens with two attached hydrogens (primary N) is 1. The molecule has 0 atom stereocenters. The summed E-state index contributed by atoms with van der Waals surface area (Å²) in [5, 5.41) is 2.96. The van der Waals surface area contributed by atoms with Gasteiger partial charge in [0.1, 0.15) is 0 Å². The van der Waals surface area contributed by atoms with Crippen molar-refractivity contribution >= 4 is 34.7 Å². The molecule has 2 aromatic rings. The lowest BCUT2D eigenvalue weighted by Gasteiger charge is -2.18. The highest BCUT2D eigenvalue weighted by molar-refractivity contribution is 7.98. The van der Waals surface area contributed by atoms with Crippen LogP contribution in [-0.4, -0.2) is 26.3 Å². The van der Waals surface area contributed by atoms with Gasteiger partial charge < -0.3 is 16.0 Å². The molecule has 4 nitrogen and oxygen atoms in total. The van der Waals surface area contributed by atoms with E-state index in [0.717, 1.165) is 16.3 Å². The van der Waals surface area contributed by atoms with Crippen LogP contribution in [0.5, 0.6) is 0 Å². The van der Waals surface area contributed by atoms with Crippen LogP contribution in [0, 0.1) is 0 Å². The van der Waals surface area contributed by atoms with E-state index < -0.39 is 0 Å². The molecule has 0 bridgehead atoms. The summed E-state index contributed by atoms with van der Waals surface area (Å²) in [6, 6.07) is 13.1. The minimum absolute atomic E-state index is 0.160. The van der Waals surface area contributed by atoms with Crippen LogP contribution in [0.3, 0.4) is 0 Å². The number of benzene rings is 2. The lowest BCUT2D eigenvalue weighted by atomic mass is 10.1. The quantitative estimate of drug-likeness (QED) is 0.672. The van der Waals surface area contributed by atoms with E-state index in [0.29, 0.717) is 11.3 Å². The van der Waals surface area contributed by atoms with Crippen LogP contribution in [0.2, 0.25) is 0 Å². The van der Waals surface area contributed by atoms with E-state index in [2.05, 4.69) is 5.32 Å². The fourth-order valence-electron chi connectivity index (χ4n) is 2.06. The third kappa shape index (κ3) is 3.49. The fraction of sp³-hybridized carbons (Fsp3) is 0.188. The van der Waals surface area contributed by atoms with E-state index in [4.69, 9.17) is 5.73 Å². The molecular formula is C16H19N3OS. The lowest BCUT2D eigenvalue weighted by molar-refractivity contribution is 0.102. The molecule has 0 aliphatic carbocycles. The standard InChI is InChI=1S/C16H19N3OS/c1-19(2)14-9-8-11(17)10-12(14)16(20)18-13-6-4-5-7-15(13)21-3/h4-10H,17H2,1-3H3,(H,18,20). The van der Waals surface area contributed by atoms with Gasteiger partial charge in [0.2, 0.25) is 0 Å². The highest BCUT2D eigenvalue weighted by Crippen LogP contribution is 2.27. The minimum Gasteiger partial charge on any atom is -0.399 e. The van der Waals surface area contributed by atoms with Crippen molar-refractivity contribution in [2.45, 2.75) is 4.90 Å². The SMILES string of the molecule is CSc1ccccc1NC(=O)c1cc(N)ccc1N(C)C. The van der Waals surface area contributed by atoms with Gasteiger partial charge in [0.05, 0.1) is 11.3 Å². The Morgan fingerprint density at radius 3 is 2.57 bits per heavy atom. The van der Waals surface area contributed by atoms with Crippen LogP contribution in [0.15, 0.2) is 47.4 Å². The third-order valence-electron chi connectivity index (χ3n) is 3.10. The molecule has 21 heavy (non-hydrogen) atoms. The van der Waals surface area contributed by atoms with Crippen molar-refractivity contribution in [1.29, 1.82) is 0 Å². The van der Waals surface area contributed by atoms with Crippen molar-refractivity contribution in [3.8, 4) is 0 Å². The molecule has 1 amide bonds. The van der Waals surface area contributed by atoms with E-state index in [1.165, 1.54) is 0 Å². The predicted molar refractivity (Wildman–Crippen MR) is 91.4 cm³/mol. The van der Waals surface area contributed by atoms with Crippen LogP contribution in [0.1, 0.15) is 10.4 Å². The zero-order chi connectivity index (χ0) is 15.4. The van der Waals surface area contributed by atoms with Crippen molar-refractivity contribution in [3.05, 3.63) is 48.0 Å². The first-order valence-corrected chi connectivity index (χ1v) is 7.76. The Labute approximate surface area is 129 Å². The number of hydrogen-bond acceptors (Lipinski definition) is 4. The monoisotopic (exact) mass is 301 g/mol. The van der Waals surface area contributed by atoms with Crippen molar-refractivity contribution < 1.29 is 4.79 Å². The molecule has 0 heterocycles. The van der Waals surface area contributed by atoms with E-state index in [9.17, 15) is 4.79 Å². The van der Waals surface area contributed by atoms with Crippen LogP contribution in [0.25, 0.3) is 0 Å². The van der Waals surface area contributed by atoms with Crippen molar-refractivity contribution in [2.24, 2.45) is 0 Å². The van der Waals surface area contributed by atoms with Gasteiger partial charge in [-0.25, -0.2) is 0 Å². The van der Waals surface area contributed by atoms with Crippen molar-refractivity contribution in [3.63, 3.8) is 0 Å². The molecule has 0 radical (unpaired) electrons. The Bertz CT molecular complexity index is 656. The third-order valence-corrected chi connectivity index (χ3v) is 3.90. The lowest BCUT2D eigenvalue weighted by Crippen LogP contribution is -2.19. The van der Waals surface area contributed by atoms with Crippen LogP contribution < -0.4 is 16.0 Å². The molecule has 2 rings (SSSR count). The number of carbonyl (C=O) groups is 1. The highest BCUT2D eigenvalue weighted by atomic mass is 32.2. The van der Waals surface area contributed by atoms with Crippen molar-refractivity contribution in [1.82, 2.24) is 0 Å². The van der Waals surface area contributed by atoms with Crippen LogP contribution in [0.4, 0.5) is 17.1 Å². The smallest absolute Gasteiger partial charge is 0.257 e. The fourth-order valence-corrected chi connectivity index (χ4v) is 2.62. The zero-order valence-corrected chi connectivity index (χ0v) is 13.2. The Morgan fingerprint density at radius 1 is 1.19 bits per heavy atom. The first-order valence-electron chi connectivity index (χ1n) is 6.54. The van der Waals surface area contributed by atoms with Crippen LogP contribution in [-0.2, 0) is 0 Å². The topological polar surface area (TPSA) is 58.4 Å². The van der Waals surface area contributed by atoms with Gasteiger partial charge >= 0.3 is 0 Å². The molecule has 0 spiro atoms. The maximum absolute atomic E-state index is 12.6. The Kier molecular flexibility index (Phi) is 4.75. The summed E-state index contributed by atoms with van der Waals surface area (Å²) in [5.41, 5.74) is 8.59. The van der Waals surface area contributed by atoms with Crippen molar-refractivity contribution in [2.75, 3.05) is 36.3 Å². The zero-order valence-electron chi connectivity index (χ0n) is 12.4. The summed E-state index contributed by atoms with van der Waals surface area (Å²) >= 11 is 1.60. The average molecular weight is 301 g/mol. The number of nitrogens with zero attached hydrogens (tertiary/aromatic N) is 1. The van der Waals surface area contributed by atoms with Gasteiger partial charge in [-0.3, -0.25) is 4.79 Å². The van der Waals surface area contributed by atoms with Gasteiger partial charge in [-0.15, -0.1) is 11.8 Å². The number of amides is 1. The predicted octanol–water partition coefficient (Wildman–Crippen LogP) is 3.31. The molecule has 110 valence electrons. The largest absolute Gasteiger partial charge is 0.399 e. The summed E-state index contributed by atoms with van der Waals surface area (Å²) in [5.74, 6) is -0.160. The summed E-state index contributed by atoms with van der Waals surface area (Å²) in [6.45, 7) is 0. The Morgan fingerprint density at radius 2 is 1.90 bits per heavy atom. The second-order valence-corrected chi connectivity index (χ2v) is 5.67. The first-order chi connectivity index (χ1) is 10.0. The van der Waals surface area contributed by atoms with E-state index >= 15 is 0 Å². The molecule has 2 aromatic carbocycles. The molecule has 0 unspecified atom stereocenters. The van der Waals surface area contributed by atoms with E-state index in [-0.39, 0.29) is 5.91 Å². The van der Waals surface area contributed by atoms with Gasteiger partial charge in [0.25, 0.3) is 5.91 Å². The maximum Gasteiger partial charge on any atom is 0.257 e. The molecule has 0 aliphatic rings. The number of thioether (sulfide) groups is 1. The number of carbonyl (C=O) groups excluding carboxylic acids is 1. The number of nitrogens with one attached hydrogen (secondary N) is 1. The molecule has 0 saturated heterocycles. The number of nitrogen functional groups attached to an aromatic ring is 1. The van der Waals surface area contributed by atoms with Gasteiger partial charge in [-0.2, -0.15) is 0 Å². The van der Waals surface area contributed by atoms with Gasteiger partial charge in [0, 0.05) is 30.4 Å². The van der Waals surface area contributed by atoms with E-state index in [1.807, 2.05) is 55.6 Å². The number of rotatable bonds is 4. The second kappa shape index (κ2) is 6.54. The van der Waals surface area contributed by atoms with Gasteiger partial charge in [0.15, 0.2) is 0 Å². The molecule has 0 aromatic heterocycles.